The van der Waals surface area contributed by atoms with Crippen LogP contribution in [0.2, 0.25) is 0 Å². The van der Waals surface area contributed by atoms with Gasteiger partial charge in [0, 0.05) is 12.6 Å². The summed E-state index contributed by atoms with van der Waals surface area (Å²) in [4.78, 5) is 0. The molecule has 2 rings (SSSR count). The summed E-state index contributed by atoms with van der Waals surface area (Å²) in [6.07, 6.45) is 2.43. The third kappa shape index (κ3) is 2.65. The third-order valence-electron chi connectivity index (χ3n) is 2.21. The molecule has 2 heterocycles. The first-order valence-corrected chi connectivity index (χ1v) is 6.22. The normalized spacial score (nSPS) is 27.6. The summed E-state index contributed by atoms with van der Waals surface area (Å²) in [5, 5.41) is 12.1. The van der Waals surface area contributed by atoms with E-state index in [-0.39, 0.29) is 0 Å². The van der Waals surface area contributed by atoms with Gasteiger partial charge in [-0.15, -0.1) is 10.2 Å². The Morgan fingerprint density at radius 1 is 1.57 bits per heavy atom. The monoisotopic (exact) mass is 277 g/mol. The van der Waals surface area contributed by atoms with Crippen molar-refractivity contribution < 1.29 is 4.74 Å². The van der Waals surface area contributed by atoms with Crippen molar-refractivity contribution in [3.8, 4) is 0 Å². The van der Waals surface area contributed by atoms with Gasteiger partial charge in [-0.2, -0.15) is 0 Å². The van der Waals surface area contributed by atoms with E-state index < -0.39 is 0 Å². The molecule has 78 valence electrons. The van der Waals surface area contributed by atoms with Crippen LogP contribution in [0.15, 0.2) is 3.92 Å². The van der Waals surface area contributed by atoms with Crippen LogP contribution in [0.1, 0.15) is 19.8 Å². The number of aromatic nitrogens is 2. The highest BCUT2D eigenvalue weighted by Crippen LogP contribution is 2.23. The third-order valence-corrected chi connectivity index (χ3v) is 3.50. The molecular formula is C8H12BrN3OS. The Hall–Kier alpha value is -0.200. The van der Waals surface area contributed by atoms with E-state index in [9.17, 15) is 0 Å². The van der Waals surface area contributed by atoms with Crippen molar-refractivity contribution in [2.75, 3.05) is 11.9 Å². The zero-order chi connectivity index (χ0) is 9.97. The molecule has 1 aliphatic rings. The highest BCUT2D eigenvalue weighted by atomic mass is 79.9. The summed E-state index contributed by atoms with van der Waals surface area (Å²) in [5.74, 6) is 0. The van der Waals surface area contributed by atoms with Crippen molar-refractivity contribution in [1.29, 1.82) is 0 Å². The zero-order valence-corrected chi connectivity index (χ0v) is 10.3. The molecule has 0 spiro atoms. The fourth-order valence-corrected chi connectivity index (χ4v) is 2.66. The second-order valence-corrected chi connectivity index (χ2v) is 5.66. The summed E-state index contributed by atoms with van der Waals surface area (Å²) in [6, 6.07) is 0.471. The molecule has 0 aliphatic carbocycles. The average Bonchev–Trinajstić information content (AvgIpc) is 2.51. The highest BCUT2D eigenvalue weighted by molar-refractivity contribution is 9.11. The van der Waals surface area contributed by atoms with Crippen LogP contribution in [-0.2, 0) is 4.74 Å². The molecule has 1 aromatic heterocycles. The molecule has 0 amide bonds. The standard InChI is InChI=1S/C8H12BrN3OS/c1-5-4-6(2-3-13-5)10-8-12-11-7(9)14-8/h5-6H,2-4H2,1H3,(H,10,12). The van der Waals surface area contributed by atoms with Crippen LogP contribution in [0.5, 0.6) is 0 Å². The van der Waals surface area contributed by atoms with Crippen LogP contribution >= 0.6 is 27.3 Å². The van der Waals surface area contributed by atoms with Crippen molar-refractivity contribution >= 4 is 32.4 Å². The minimum atomic E-state index is 0.345. The summed E-state index contributed by atoms with van der Waals surface area (Å²) < 4.78 is 6.29. The Labute approximate surface area is 95.2 Å². The fourth-order valence-electron chi connectivity index (χ4n) is 1.57. The molecule has 0 radical (unpaired) electrons. The van der Waals surface area contributed by atoms with E-state index in [2.05, 4.69) is 38.4 Å². The second kappa shape index (κ2) is 4.55. The molecule has 14 heavy (non-hydrogen) atoms. The Bertz CT molecular complexity index is 307. The minimum Gasteiger partial charge on any atom is -0.378 e. The molecule has 1 aliphatic heterocycles. The molecular weight excluding hydrogens is 266 g/mol. The number of hydrogen-bond donors (Lipinski definition) is 1. The number of nitrogens with zero attached hydrogens (tertiary/aromatic N) is 2. The molecule has 0 aromatic carbocycles. The Kier molecular flexibility index (Phi) is 3.35. The van der Waals surface area contributed by atoms with Gasteiger partial charge in [0.05, 0.1) is 6.10 Å². The van der Waals surface area contributed by atoms with Crippen molar-refractivity contribution in [2.24, 2.45) is 0 Å². The van der Waals surface area contributed by atoms with Crippen LogP contribution in [0.25, 0.3) is 0 Å². The molecule has 6 heteroatoms. The maximum absolute atomic E-state index is 5.47. The molecule has 1 aromatic rings. The number of hydrogen-bond acceptors (Lipinski definition) is 5. The molecule has 2 unspecified atom stereocenters. The van der Waals surface area contributed by atoms with Gasteiger partial charge in [0.1, 0.15) is 0 Å². The molecule has 0 saturated carbocycles. The quantitative estimate of drug-likeness (QED) is 0.901. The SMILES string of the molecule is CC1CC(Nc2nnc(Br)s2)CCO1. The maximum Gasteiger partial charge on any atom is 0.206 e. The zero-order valence-electron chi connectivity index (χ0n) is 7.86. The predicted octanol–water partition coefficient (Wildman–Crippen LogP) is 2.28. The van der Waals surface area contributed by atoms with Crippen molar-refractivity contribution in [1.82, 2.24) is 10.2 Å². The predicted molar refractivity (Wildman–Crippen MR) is 59.7 cm³/mol. The maximum atomic E-state index is 5.47. The lowest BCUT2D eigenvalue weighted by atomic mass is 10.1. The molecule has 1 N–H and O–H groups in total. The first-order valence-electron chi connectivity index (χ1n) is 4.61. The van der Waals surface area contributed by atoms with E-state index in [4.69, 9.17) is 4.74 Å². The number of rotatable bonds is 2. The smallest absolute Gasteiger partial charge is 0.206 e. The van der Waals surface area contributed by atoms with Gasteiger partial charge in [0.15, 0.2) is 3.92 Å². The van der Waals surface area contributed by atoms with Crippen molar-refractivity contribution in [2.45, 2.75) is 31.9 Å². The summed E-state index contributed by atoms with van der Waals surface area (Å²) >= 11 is 4.81. The average molecular weight is 278 g/mol. The minimum absolute atomic E-state index is 0.345. The van der Waals surface area contributed by atoms with Gasteiger partial charge in [-0.3, -0.25) is 0 Å². The molecule has 0 bridgehead atoms. The lowest BCUT2D eigenvalue weighted by Gasteiger charge is -2.27. The lowest BCUT2D eigenvalue weighted by Crippen LogP contribution is -2.32. The van der Waals surface area contributed by atoms with E-state index in [0.717, 1.165) is 28.5 Å². The van der Waals surface area contributed by atoms with Crippen LogP contribution in [-0.4, -0.2) is 29.0 Å². The van der Waals surface area contributed by atoms with E-state index >= 15 is 0 Å². The highest BCUT2D eigenvalue weighted by Gasteiger charge is 2.19. The molecule has 4 nitrogen and oxygen atoms in total. The first-order chi connectivity index (χ1) is 6.74. The van der Waals surface area contributed by atoms with Gasteiger partial charge in [-0.05, 0) is 35.7 Å². The summed E-state index contributed by atoms with van der Waals surface area (Å²) in [7, 11) is 0. The van der Waals surface area contributed by atoms with Gasteiger partial charge in [0.25, 0.3) is 0 Å². The topological polar surface area (TPSA) is 47.0 Å². The number of halogens is 1. The Balaban J connectivity index is 1.90. The Morgan fingerprint density at radius 3 is 3.07 bits per heavy atom. The molecule has 1 fully saturated rings. The number of ether oxygens (including phenoxy) is 1. The van der Waals surface area contributed by atoms with Gasteiger partial charge < -0.3 is 10.1 Å². The van der Waals surface area contributed by atoms with Crippen LogP contribution in [0, 0.1) is 0 Å². The van der Waals surface area contributed by atoms with Crippen molar-refractivity contribution in [3.63, 3.8) is 0 Å². The van der Waals surface area contributed by atoms with E-state index in [1.165, 1.54) is 11.3 Å². The van der Waals surface area contributed by atoms with Gasteiger partial charge in [-0.25, -0.2) is 0 Å². The van der Waals surface area contributed by atoms with E-state index in [1.807, 2.05) is 0 Å². The van der Waals surface area contributed by atoms with E-state index in [1.54, 1.807) is 0 Å². The van der Waals surface area contributed by atoms with Gasteiger partial charge >= 0.3 is 0 Å². The van der Waals surface area contributed by atoms with E-state index in [0.29, 0.717) is 12.1 Å². The summed E-state index contributed by atoms with van der Waals surface area (Å²) in [5.41, 5.74) is 0. The lowest BCUT2D eigenvalue weighted by molar-refractivity contribution is 0.0232. The van der Waals surface area contributed by atoms with Crippen LogP contribution in [0.3, 0.4) is 0 Å². The molecule has 2 atom stereocenters. The van der Waals surface area contributed by atoms with Crippen molar-refractivity contribution in [3.05, 3.63) is 3.92 Å². The number of nitrogens with one attached hydrogen (secondary N) is 1. The van der Waals surface area contributed by atoms with Crippen LogP contribution in [0.4, 0.5) is 5.13 Å². The fraction of sp³-hybridized carbons (Fsp3) is 0.750. The summed E-state index contributed by atoms with van der Waals surface area (Å²) in [6.45, 7) is 2.93. The second-order valence-electron chi connectivity index (χ2n) is 3.41. The van der Waals surface area contributed by atoms with Gasteiger partial charge in [0.2, 0.25) is 5.13 Å². The first kappa shape index (κ1) is 10.3. The largest absolute Gasteiger partial charge is 0.378 e. The van der Waals surface area contributed by atoms with Gasteiger partial charge in [-0.1, -0.05) is 11.3 Å². The Morgan fingerprint density at radius 2 is 2.43 bits per heavy atom. The molecule has 1 saturated heterocycles. The van der Waals surface area contributed by atoms with Crippen LogP contribution < -0.4 is 5.32 Å². The number of anilines is 1.